The second kappa shape index (κ2) is 8.06. The van der Waals surface area contributed by atoms with Crippen LogP contribution in [-0.4, -0.2) is 17.1 Å². The molecule has 2 aromatic carbocycles. The van der Waals surface area contributed by atoms with Gasteiger partial charge >= 0.3 is 5.97 Å². The van der Waals surface area contributed by atoms with Gasteiger partial charge in [-0.15, -0.1) is 0 Å². The van der Waals surface area contributed by atoms with E-state index < -0.39 is 0 Å². The zero-order chi connectivity index (χ0) is 18.7. The molecular formula is C20H14BrIN2O2. The van der Waals surface area contributed by atoms with Crippen LogP contribution in [0, 0.1) is 11.3 Å². The number of hydrogen-bond donors (Lipinski definition) is 0. The highest BCUT2D eigenvalue weighted by atomic mass is 127. The van der Waals surface area contributed by atoms with Gasteiger partial charge in [0.1, 0.15) is 10.3 Å². The number of ether oxygens (including phenoxy) is 1. The number of hydrogen-bond acceptors (Lipinski definition) is 3. The first-order valence-corrected chi connectivity index (χ1v) is 9.77. The third-order valence-corrected chi connectivity index (χ3v) is 6.47. The minimum Gasteiger partial charge on any atom is -0.461 e. The number of halogens is 2. The zero-order valence-electron chi connectivity index (χ0n) is 13.9. The summed E-state index contributed by atoms with van der Waals surface area (Å²) in [7, 11) is 0. The number of nitrogens with zero attached hydrogens (tertiary/aromatic N) is 2. The second-order valence-electron chi connectivity index (χ2n) is 5.44. The summed E-state index contributed by atoms with van der Waals surface area (Å²) in [5.74, 6) is -0.371. The minimum atomic E-state index is -0.371. The standard InChI is InChI=1S/C20H14BrIN2O2/c1-2-26-20(25)17-11-15-5-3-4-6-16(15)24(17)19(21)18(22)14-9-7-13(12-23)8-10-14/h3-11H,2H2,1H3/b19-18-. The van der Waals surface area contributed by atoms with E-state index in [1.54, 1.807) is 19.1 Å². The summed E-state index contributed by atoms with van der Waals surface area (Å²) in [6, 6.07) is 19.1. The zero-order valence-corrected chi connectivity index (χ0v) is 17.6. The van der Waals surface area contributed by atoms with E-state index in [1.165, 1.54) is 0 Å². The molecule has 0 unspecified atom stereocenters. The van der Waals surface area contributed by atoms with Gasteiger partial charge in [-0.25, -0.2) is 4.79 Å². The van der Waals surface area contributed by atoms with E-state index in [4.69, 9.17) is 10.00 Å². The number of carbonyl (C=O) groups excluding carboxylic acids is 1. The van der Waals surface area contributed by atoms with E-state index in [2.05, 4.69) is 44.6 Å². The Hall–Kier alpha value is -2.11. The molecule has 0 radical (unpaired) electrons. The Bertz CT molecular complexity index is 1050. The van der Waals surface area contributed by atoms with Crippen molar-refractivity contribution >= 4 is 63.6 Å². The molecule has 0 amide bonds. The van der Waals surface area contributed by atoms with E-state index >= 15 is 0 Å². The van der Waals surface area contributed by atoms with E-state index in [9.17, 15) is 4.79 Å². The summed E-state index contributed by atoms with van der Waals surface area (Å²) in [5, 5.41) is 9.92. The van der Waals surface area contributed by atoms with Crippen LogP contribution < -0.4 is 0 Å². The Labute approximate surface area is 173 Å². The van der Waals surface area contributed by atoms with Crippen LogP contribution in [0.5, 0.6) is 0 Å². The van der Waals surface area contributed by atoms with Gasteiger partial charge in [-0.2, -0.15) is 5.26 Å². The molecule has 0 bridgehead atoms. The largest absolute Gasteiger partial charge is 0.461 e. The monoisotopic (exact) mass is 520 g/mol. The van der Waals surface area contributed by atoms with Crippen LogP contribution >= 0.6 is 38.5 Å². The van der Waals surface area contributed by atoms with E-state index in [1.807, 2.05) is 47.0 Å². The van der Waals surface area contributed by atoms with Gasteiger partial charge in [-0.1, -0.05) is 30.3 Å². The molecule has 6 heteroatoms. The normalized spacial score (nSPS) is 11.8. The van der Waals surface area contributed by atoms with Gasteiger partial charge in [-0.05, 0) is 75.3 Å². The number of benzene rings is 2. The lowest BCUT2D eigenvalue weighted by Crippen LogP contribution is -2.10. The first kappa shape index (κ1) is 18.7. The lowest BCUT2D eigenvalue weighted by atomic mass is 10.1. The summed E-state index contributed by atoms with van der Waals surface area (Å²) >= 11 is 5.89. The maximum absolute atomic E-state index is 12.5. The van der Waals surface area contributed by atoms with Gasteiger partial charge in [0, 0.05) is 5.39 Å². The minimum absolute atomic E-state index is 0.314. The molecule has 0 aliphatic rings. The van der Waals surface area contributed by atoms with E-state index in [0.29, 0.717) is 17.9 Å². The summed E-state index contributed by atoms with van der Waals surface area (Å²) in [6.45, 7) is 2.10. The molecule has 0 fully saturated rings. The summed E-state index contributed by atoms with van der Waals surface area (Å²) in [4.78, 5) is 12.5. The van der Waals surface area contributed by atoms with Crippen molar-refractivity contribution in [1.82, 2.24) is 4.57 Å². The average molecular weight is 521 g/mol. The summed E-state index contributed by atoms with van der Waals surface area (Å²) < 4.78 is 8.74. The lowest BCUT2D eigenvalue weighted by molar-refractivity contribution is 0.0518. The van der Waals surface area contributed by atoms with Crippen molar-refractivity contribution < 1.29 is 9.53 Å². The van der Waals surface area contributed by atoms with Crippen LogP contribution in [0.4, 0.5) is 0 Å². The quantitative estimate of drug-likeness (QED) is 0.322. The number of aromatic nitrogens is 1. The SMILES string of the molecule is CCOC(=O)c1cc2ccccc2n1/C(Br)=C(\I)c1ccc(C#N)cc1. The maximum atomic E-state index is 12.5. The van der Waals surface area contributed by atoms with Crippen molar-refractivity contribution in [2.24, 2.45) is 0 Å². The number of esters is 1. The van der Waals surface area contributed by atoms with Crippen LogP contribution in [-0.2, 0) is 4.74 Å². The fourth-order valence-electron chi connectivity index (χ4n) is 2.63. The first-order valence-electron chi connectivity index (χ1n) is 7.90. The molecule has 1 heterocycles. The molecule has 0 saturated carbocycles. The van der Waals surface area contributed by atoms with Crippen molar-refractivity contribution in [3.63, 3.8) is 0 Å². The number of carbonyl (C=O) groups is 1. The third kappa shape index (κ3) is 3.55. The van der Waals surface area contributed by atoms with Crippen molar-refractivity contribution in [3.05, 3.63) is 71.4 Å². The Balaban J connectivity index is 2.19. The van der Waals surface area contributed by atoms with Gasteiger partial charge in [0.05, 0.1) is 27.3 Å². The lowest BCUT2D eigenvalue weighted by Gasteiger charge is -2.12. The molecule has 130 valence electrons. The van der Waals surface area contributed by atoms with Crippen LogP contribution in [0.15, 0.2) is 54.6 Å². The highest BCUT2D eigenvalue weighted by molar-refractivity contribution is 14.1. The van der Waals surface area contributed by atoms with Crippen molar-refractivity contribution in [2.45, 2.75) is 6.92 Å². The van der Waals surface area contributed by atoms with Crippen LogP contribution in [0.2, 0.25) is 0 Å². The second-order valence-corrected chi connectivity index (χ2v) is 7.27. The summed E-state index contributed by atoms with van der Waals surface area (Å²) in [6.07, 6.45) is 0. The third-order valence-electron chi connectivity index (χ3n) is 3.84. The highest BCUT2D eigenvalue weighted by Crippen LogP contribution is 2.36. The average Bonchev–Trinajstić information content (AvgIpc) is 3.07. The number of rotatable bonds is 4. The molecule has 4 nitrogen and oxygen atoms in total. The fourth-order valence-corrected chi connectivity index (χ4v) is 3.84. The molecule has 3 rings (SSSR count). The van der Waals surface area contributed by atoms with Crippen molar-refractivity contribution in [1.29, 1.82) is 5.26 Å². The number of para-hydroxylation sites is 1. The van der Waals surface area contributed by atoms with Crippen LogP contribution in [0.25, 0.3) is 19.1 Å². The maximum Gasteiger partial charge on any atom is 0.355 e. The van der Waals surface area contributed by atoms with Crippen LogP contribution in [0.3, 0.4) is 0 Å². The Morgan fingerprint density at radius 2 is 1.92 bits per heavy atom. The van der Waals surface area contributed by atoms with Crippen molar-refractivity contribution in [2.75, 3.05) is 6.61 Å². The van der Waals surface area contributed by atoms with E-state index in [0.717, 1.165) is 24.7 Å². The topological polar surface area (TPSA) is 55.0 Å². The molecule has 26 heavy (non-hydrogen) atoms. The molecule has 0 spiro atoms. The molecule has 1 aromatic heterocycles. The molecule has 0 aliphatic heterocycles. The Morgan fingerprint density at radius 1 is 1.23 bits per heavy atom. The van der Waals surface area contributed by atoms with Crippen LogP contribution in [0.1, 0.15) is 28.5 Å². The highest BCUT2D eigenvalue weighted by Gasteiger charge is 2.20. The Kier molecular flexibility index (Phi) is 5.79. The van der Waals surface area contributed by atoms with Gasteiger partial charge < -0.3 is 4.74 Å². The van der Waals surface area contributed by atoms with Gasteiger partial charge in [0.25, 0.3) is 0 Å². The molecule has 0 N–H and O–H groups in total. The molecule has 0 atom stereocenters. The predicted octanol–water partition coefficient (Wildman–Crippen LogP) is 5.80. The summed E-state index contributed by atoms with van der Waals surface area (Å²) in [5.41, 5.74) is 2.92. The van der Waals surface area contributed by atoms with Gasteiger partial charge in [0.2, 0.25) is 0 Å². The van der Waals surface area contributed by atoms with Gasteiger partial charge in [-0.3, -0.25) is 4.57 Å². The molecular weight excluding hydrogens is 507 g/mol. The molecule has 3 aromatic rings. The Morgan fingerprint density at radius 3 is 2.58 bits per heavy atom. The van der Waals surface area contributed by atoms with Crippen molar-refractivity contribution in [3.8, 4) is 6.07 Å². The number of fused-ring (bicyclic) bond motifs is 1. The first-order chi connectivity index (χ1) is 12.6. The van der Waals surface area contributed by atoms with Gasteiger partial charge in [0.15, 0.2) is 0 Å². The number of nitriles is 1. The molecule has 0 saturated heterocycles. The fraction of sp³-hybridized carbons (Fsp3) is 0.100. The smallest absolute Gasteiger partial charge is 0.355 e. The van der Waals surface area contributed by atoms with E-state index in [-0.39, 0.29) is 5.97 Å². The molecule has 0 aliphatic carbocycles. The predicted molar refractivity (Wildman–Crippen MR) is 115 cm³/mol.